The molecule has 0 fully saturated rings. The Morgan fingerprint density at radius 2 is 1.68 bits per heavy atom. The van der Waals surface area contributed by atoms with E-state index in [4.69, 9.17) is 9.47 Å². The third-order valence-electron chi connectivity index (χ3n) is 3.72. The largest absolute Gasteiger partial charge is 0.508 e. The minimum absolute atomic E-state index is 0.302. The van der Waals surface area contributed by atoms with Gasteiger partial charge >= 0.3 is 0 Å². The Bertz CT molecular complexity index is 802. The van der Waals surface area contributed by atoms with Crippen molar-refractivity contribution in [3.05, 3.63) is 78.0 Å². The lowest BCUT2D eigenvalue weighted by molar-refractivity contribution is 0.412. The second-order valence-electron chi connectivity index (χ2n) is 5.51. The lowest BCUT2D eigenvalue weighted by Gasteiger charge is -2.08. The van der Waals surface area contributed by atoms with E-state index in [0.717, 1.165) is 16.9 Å². The molecule has 0 radical (unpaired) electrons. The Hall–Kier alpha value is -3.05. The van der Waals surface area contributed by atoms with E-state index in [1.807, 2.05) is 54.6 Å². The van der Waals surface area contributed by atoms with E-state index in [-0.39, 0.29) is 0 Å². The summed E-state index contributed by atoms with van der Waals surface area (Å²) in [5, 5.41) is 13.0. The number of methoxy groups -OCH3 is 1. The SMILES string of the molecule is COc1ccc(Oc2ccc(CNCc3ccccc3O)cn2)cc1. The number of aromatic hydroxyl groups is 1. The normalized spacial score (nSPS) is 10.4. The second-order valence-corrected chi connectivity index (χ2v) is 5.51. The molecule has 1 heterocycles. The molecule has 0 aliphatic heterocycles. The Kier molecular flexibility index (Phi) is 5.49. The third-order valence-corrected chi connectivity index (χ3v) is 3.72. The molecule has 5 nitrogen and oxygen atoms in total. The molecular formula is C20H20N2O3. The molecule has 1 aromatic heterocycles. The van der Waals surface area contributed by atoms with Crippen LogP contribution in [0.2, 0.25) is 0 Å². The Morgan fingerprint density at radius 1 is 0.920 bits per heavy atom. The number of rotatable bonds is 7. The van der Waals surface area contributed by atoms with Crippen molar-refractivity contribution in [2.75, 3.05) is 7.11 Å². The first-order chi connectivity index (χ1) is 12.2. The number of hydrogen-bond donors (Lipinski definition) is 2. The molecule has 0 bridgehead atoms. The van der Waals surface area contributed by atoms with Crippen LogP contribution in [0.5, 0.6) is 23.1 Å². The number of pyridine rings is 1. The van der Waals surface area contributed by atoms with E-state index in [1.165, 1.54) is 0 Å². The van der Waals surface area contributed by atoms with Gasteiger partial charge in [-0.15, -0.1) is 0 Å². The number of nitrogens with one attached hydrogen (secondary N) is 1. The number of benzene rings is 2. The molecule has 0 saturated carbocycles. The zero-order valence-electron chi connectivity index (χ0n) is 14.0. The minimum Gasteiger partial charge on any atom is -0.508 e. The number of ether oxygens (including phenoxy) is 2. The summed E-state index contributed by atoms with van der Waals surface area (Å²) < 4.78 is 10.8. The van der Waals surface area contributed by atoms with Crippen LogP contribution in [0, 0.1) is 0 Å². The van der Waals surface area contributed by atoms with Crippen molar-refractivity contribution in [3.8, 4) is 23.1 Å². The summed E-state index contributed by atoms with van der Waals surface area (Å²) in [7, 11) is 1.63. The monoisotopic (exact) mass is 336 g/mol. The first-order valence-electron chi connectivity index (χ1n) is 7.99. The van der Waals surface area contributed by atoms with E-state index in [0.29, 0.717) is 30.5 Å². The zero-order chi connectivity index (χ0) is 17.5. The molecule has 2 aromatic carbocycles. The van der Waals surface area contributed by atoms with Gasteiger partial charge in [0.15, 0.2) is 0 Å². The van der Waals surface area contributed by atoms with Gasteiger partial charge in [-0.2, -0.15) is 0 Å². The molecule has 3 rings (SSSR count). The van der Waals surface area contributed by atoms with Gasteiger partial charge in [-0.25, -0.2) is 4.98 Å². The molecule has 0 saturated heterocycles. The summed E-state index contributed by atoms with van der Waals surface area (Å²) in [5.74, 6) is 2.33. The standard InChI is InChI=1S/C20H20N2O3/c1-24-17-7-9-18(10-8-17)25-20-11-6-15(13-22-20)12-21-14-16-4-2-3-5-19(16)23/h2-11,13,21,23H,12,14H2,1H3. The van der Waals surface area contributed by atoms with E-state index >= 15 is 0 Å². The van der Waals surface area contributed by atoms with Crippen LogP contribution in [0.25, 0.3) is 0 Å². The lowest BCUT2D eigenvalue weighted by Crippen LogP contribution is -2.12. The van der Waals surface area contributed by atoms with Crippen molar-refractivity contribution in [1.29, 1.82) is 0 Å². The Morgan fingerprint density at radius 3 is 2.36 bits per heavy atom. The maximum atomic E-state index is 9.74. The maximum Gasteiger partial charge on any atom is 0.219 e. The first-order valence-corrected chi connectivity index (χ1v) is 7.99. The fourth-order valence-electron chi connectivity index (χ4n) is 2.34. The van der Waals surface area contributed by atoms with Crippen LogP contribution in [-0.4, -0.2) is 17.2 Å². The predicted octanol–water partition coefficient (Wildman–Crippen LogP) is 3.88. The minimum atomic E-state index is 0.302. The van der Waals surface area contributed by atoms with Gasteiger partial charge in [0.05, 0.1) is 7.11 Å². The summed E-state index contributed by atoms with van der Waals surface area (Å²) in [6.07, 6.45) is 1.77. The van der Waals surface area contributed by atoms with Gasteiger partial charge in [0.2, 0.25) is 5.88 Å². The number of nitrogens with zero attached hydrogens (tertiary/aromatic N) is 1. The van der Waals surface area contributed by atoms with Crippen LogP contribution < -0.4 is 14.8 Å². The maximum absolute atomic E-state index is 9.74. The molecular weight excluding hydrogens is 316 g/mol. The number of aromatic nitrogens is 1. The highest BCUT2D eigenvalue weighted by Crippen LogP contribution is 2.22. The van der Waals surface area contributed by atoms with E-state index in [2.05, 4.69) is 10.3 Å². The number of hydrogen-bond acceptors (Lipinski definition) is 5. The molecule has 0 unspecified atom stereocenters. The van der Waals surface area contributed by atoms with Crippen LogP contribution in [0.15, 0.2) is 66.9 Å². The van der Waals surface area contributed by atoms with E-state index < -0.39 is 0 Å². The number of para-hydroxylation sites is 1. The Labute approximate surface area is 146 Å². The highest BCUT2D eigenvalue weighted by atomic mass is 16.5. The number of phenols is 1. The molecule has 3 aromatic rings. The fraction of sp³-hybridized carbons (Fsp3) is 0.150. The van der Waals surface area contributed by atoms with Crippen molar-refractivity contribution in [2.45, 2.75) is 13.1 Å². The lowest BCUT2D eigenvalue weighted by atomic mass is 10.2. The third kappa shape index (κ3) is 4.71. The molecule has 2 N–H and O–H groups in total. The quantitative estimate of drug-likeness (QED) is 0.685. The van der Waals surface area contributed by atoms with Crippen LogP contribution in [0.4, 0.5) is 0 Å². The summed E-state index contributed by atoms with van der Waals surface area (Å²) in [5.41, 5.74) is 1.91. The highest BCUT2D eigenvalue weighted by molar-refractivity contribution is 5.34. The van der Waals surface area contributed by atoms with Crippen LogP contribution in [0.1, 0.15) is 11.1 Å². The molecule has 0 amide bonds. The van der Waals surface area contributed by atoms with Gasteiger partial charge in [0, 0.05) is 30.9 Å². The molecule has 5 heteroatoms. The molecule has 0 aliphatic carbocycles. The van der Waals surface area contributed by atoms with E-state index in [1.54, 1.807) is 19.4 Å². The molecule has 128 valence electrons. The number of phenolic OH excluding ortho intramolecular Hbond substituents is 1. The fourth-order valence-corrected chi connectivity index (χ4v) is 2.34. The average Bonchev–Trinajstić information content (AvgIpc) is 2.65. The topological polar surface area (TPSA) is 63.6 Å². The van der Waals surface area contributed by atoms with Crippen LogP contribution >= 0.6 is 0 Å². The van der Waals surface area contributed by atoms with Crippen molar-refractivity contribution < 1.29 is 14.6 Å². The van der Waals surface area contributed by atoms with Crippen molar-refractivity contribution in [3.63, 3.8) is 0 Å². The Balaban J connectivity index is 1.52. The van der Waals surface area contributed by atoms with Gasteiger partial charge in [-0.1, -0.05) is 24.3 Å². The van der Waals surface area contributed by atoms with Gasteiger partial charge in [-0.3, -0.25) is 0 Å². The van der Waals surface area contributed by atoms with Crippen LogP contribution in [0.3, 0.4) is 0 Å². The summed E-state index contributed by atoms with van der Waals surface area (Å²) >= 11 is 0. The van der Waals surface area contributed by atoms with Gasteiger partial charge in [0.1, 0.15) is 17.2 Å². The first kappa shape index (κ1) is 16.8. The van der Waals surface area contributed by atoms with Crippen molar-refractivity contribution >= 4 is 0 Å². The second kappa shape index (κ2) is 8.17. The molecule has 0 aliphatic rings. The summed E-state index contributed by atoms with van der Waals surface area (Å²) in [4.78, 5) is 4.32. The van der Waals surface area contributed by atoms with Crippen molar-refractivity contribution in [2.24, 2.45) is 0 Å². The van der Waals surface area contributed by atoms with Crippen LogP contribution in [-0.2, 0) is 13.1 Å². The van der Waals surface area contributed by atoms with Gasteiger partial charge in [-0.05, 0) is 35.9 Å². The summed E-state index contributed by atoms with van der Waals surface area (Å²) in [6, 6.07) is 18.4. The predicted molar refractivity (Wildman–Crippen MR) is 96.0 cm³/mol. The summed E-state index contributed by atoms with van der Waals surface area (Å²) in [6.45, 7) is 1.25. The highest BCUT2D eigenvalue weighted by Gasteiger charge is 2.02. The smallest absolute Gasteiger partial charge is 0.219 e. The zero-order valence-corrected chi connectivity index (χ0v) is 14.0. The molecule has 0 atom stereocenters. The molecule has 25 heavy (non-hydrogen) atoms. The average molecular weight is 336 g/mol. The van der Waals surface area contributed by atoms with Gasteiger partial charge < -0.3 is 19.9 Å². The van der Waals surface area contributed by atoms with Crippen molar-refractivity contribution in [1.82, 2.24) is 10.3 Å². The molecule has 0 spiro atoms. The van der Waals surface area contributed by atoms with Gasteiger partial charge in [0.25, 0.3) is 0 Å². The van der Waals surface area contributed by atoms with E-state index in [9.17, 15) is 5.11 Å².